The van der Waals surface area contributed by atoms with Crippen molar-refractivity contribution in [1.82, 2.24) is 10.2 Å². The van der Waals surface area contributed by atoms with Crippen LogP contribution in [0.4, 0.5) is 4.79 Å². The van der Waals surface area contributed by atoms with Crippen molar-refractivity contribution in [3.8, 4) is 5.75 Å². The molecular weight excluding hydrogens is 392 g/mol. The Labute approximate surface area is 173 Å². The third-order valence-electron chi connectivity index (χ3n) is 4.63. The van der Waals surface area contributed by atoms with Crippen LogP contribution in [0.2, 0.25) is 0 Å². The summed E-state index contributed by atoms with van der Waals surface area (Å²) < 4.78 is 9.72. The van der Waals surface area contributed by atoms with E-state index in [1.807, 2.05) is 17.5 Å². The second-order valence-electron chi connectivity index (χ2n) is 6.70. The van der Waals surface area contributed by atoms with Crippen molar-refractivity contribution in [1.29, 1.82) is 0 Å². The Balaban J connectivity index is 1.45. The predicted octanol–water partition coefficient (Wildman–Crippen LogP) is 3.25. The van der Waals surface area contributed by atoms with Crippen LogP contribution < -0.4 is 10.1 Å². The molecule has 1 aromatic heterocycles. The summed E-state index contributed by atoms with van der Waals surface area (Å²) in [5, 5.41) is 5.02. The summed E-state index contributed by atoms with van der Waals surface area (Å²) in [7, 11) is 0. The van der Waals surface area contributed by atoms with Crippen molar-refractivity contribution in [2.24, 2.45) is 0 Å². The van der Waals surface area contributed by atoms with Crippen LogP contribution in [0.3, 0.4) is 0 Å². The summed E-state index contributed by atoms with van der Waals surface area (Å²) in [5.74, 6) is 0.276. The molecule has 1 fully saturated rings. The van der Waals surface area contributed by atoms with Crippen LogP contribution in [-0.4, -0.2) is 48.6 Å². The van der Waals surface area contributed by atoms with Crippen LogP contribution in [0.1, 0.15) is 35.0 Å². The summed E-state index contributed by atoms with van der Waals surface area (Å²) >= 11 is 1.57. The highest BCUT2D eigenvalue weighted by Crippen LogP contribution is 2.18. The molecule has 0 bridgehead atoms. The predicted molar refractivity (Wildman–Crippen MR) is 109 cm³/mol. The van der Waals surface area contributed by atoms with Crippen LogP contribution in [0.5, 0.6) is 5.75 Å². The van der Waals surface area contributed by atoms with Gasteiger partial charge in [-0.25, -0.2) is 4.79 Å². The molecular formula is C21H24N2O5S. The lowest BCUT2D eigenvalue weighted by Crippen LogP contribution is -2.46. The summed E-state index contributed by atoms with van der Waals surface area (Å²) in [6.07, 6.45) is 1.09. The number of likely N-dealkylation sites (tertiary alicyclic amines) is 1. The largest absolute Gasteiger partial charge is 0.513 e. The van der Waals surface area contributed by atoms with Crippen molar-refractivity contribution in [2.75, 3.05) is 19.7 Å². The highest BCUT2D eigenvalue weighted by atomic mass is 32.1. The molecule has 1 aromatic carbocycles. The van der Waals surface area contributed by atoms with Gasteiger partial charge in [-0.3, -0.25) is 9.59 Å². The Morgan fingerprint density at radius 2 is 1.86 bits per heavy atom. The first-order valence-electron chi connectivity index (χ1n) is 9.61. The number of nitrogens with zero attached hydrogens (tertiary/aromatic N) is 1. The van der Waals surface area contributed by atoms with Crippen LogP contribution in [0.25, 0.3) is 0 Å². The smallest absolute Gasteiger partial charge is 0.434 e. The molecule has 0 saturated carbocycles. The molecule has 2 heterocycles. The molecule has 0 spiro atoms. The molecule has 7 nitrogen and oxygen atoms in total. The Bertz CT molecular complexity index is 827. The number of carbonyl (C=O) groups is 3. The van der Waals surface area contributed by atoms with Gasteiger partial charge in [0.25, 0.3) is 5.91 Å². The van der Waals surface area contributed by atoms with Gasteiger partial charge in [0.05, 0.1) is 13.0 Å². The molecule has 1 N–H and O–H groups in total. The fourth-order valence-corrected chi connectivity index (χ4v) is 3.87. The average Bonchev–Trinajstić information content (AvgIpc) is 3.21. The van der Waals surface area contributed by atoms with E-state index < -0.39 is 6.16 Å². The molecule has 0 unspecified atom stereocenters. The number of hydrogen-bond donors (Lipinski definition) is 1. The number of ether oxygens (including phenoxy) is 2. The number of piperidine rings is 1. The van der Waals surface area contributed by atoms with Gasteiger partial charge < -0.3 is 19.7 Å². The molecule has 1 saturated heterocycles. The average molecular weight is 416 g/mol. The molecule has 0 aliphatic carbocycles. The van der Waals surface area contributed by atoms with Gasteiger partial charge in [-0.15, -0.1) is 11.3 Å². The third kappa shape index (κ3) is 6.05. The van der Waals surface area contributed by atoms with Crippen molar-refractivity contribution in [3.05, 3.63) is 52.2 Å². The number of rotatable bonds is 6. The van der Waals surface area contributed by atoms with Crippen molar-refractivity contribution < 1.29 is 23.9 Å². The normalized spacial score (nSPS) is 14.3. The summed E-state index contributed by atoms with van der Waals surface area (Å²) in [6, 6.07) is 10.4. The van der Waals surface area contributed by atoms with Crippen LogP contribution in [0, 0.1) is 0 Å². The first kappa shape index (κ1) is 20.9. The van der Waals surface area contributed by atoms with Crippen LogP contribution >= 0.6 is 11.3 Å². The maximum Gasteiger partial charge on any atom is 0.513 e. The molecule has 29 heavy (non-hydrogen) atoms. The quantitative estimate of drug-likeness (QED) is 0.577. The molecule has 8 heteroatoms. The van der Waals surface area contributed by atoms with E-state index in [9.17, 15) is 14.4 Å². The first-order chi connectivity index (χ1) is 14.0. The zero-order valence-corrected chi connectivity index (χ0v) is 17.1. The second kappa shape index (κ2) is 10.1. The summed E-state index contributed by atoms with van der Waals surface area (Å²) in [4.78, 5) is 39.0. The van der Waals surface area contributed by atoms with Crippen molar-refractivity contribution in [3.63, 3.8) is 0 Å². The van der Waals surface area contributed by atoms with Gasteiger partial charge in [0, 0.05) is 29.6 Å². The Kier molecular flexibility index (Phi) is 7.24. The SMILES string of the molecule is CCOC(=O)Oc1ccc(C(=O)N2CCC(NC(=O)Cc3cccs3)CC2)cc1. The van der Waals surface area contributed by atoms with Gasteiger partial charge in [0.2, 0.25) is 5.91 Å². The lowest BCUT2D eigenvalue weighted by molar-refractivity contribution is -0.121. The van der Waals surface area contributed by atoms with E-state index in [1.54, 1.807) is 47.4 Å². The van der Waals surface area contributed by atoms with Crippen LogP contribution in [0.15, 0.2) is 41.8 Å². The van der Waals surface area contributed by atoms with Gasteiger partial charge in [-0.2, -0.15) is 0 Å². The number of thiophene rings is 1. The Morgan fingerprint density at radius 3 is 2.48 bits per heavy atom. The number of amides is 2. The van der Waals surface area contributed by atoms with E-state index in [0.29, 0.717) is 30.8 Å². The van der Waals surface area contributed by atoms with E-state index in [2.05, 4.69) is 5.32 Å². The van der Waals surface area contributed by atoms with E-state index in [-0.39, 0.29) is 24.5 Å². The lowest BCUT2D eigenvalue weighted by Gasteiger charge is -2.32. The number of hydrogen-bond acceptors (Lipinski definition) is 6. The number of benzene rings is 1. The maximum absolute atomic E-state index is 12.7. The monoisotopic (exact) mass is 416 g/mol. The van der Waals surface area contributed by atoms with Gasteiger partial charge in [0.1, 0.15) is 5.75 Å². The third-order valence-corrected chi connectivity index (χ3v) is 5.50. The van der Waals surface area contributed by atoms with E-state index in [1.165, 1.54) is 0 Å². The second-order valence-corrected chi connectivity index (χ2v) is 7.73. The number of carbonyl (C=O) groups excluding carboxylic acids is 3. The van der Waals surface area contributed by atoms with Gasteiger partial charge in [-0.1, -0.05) is 6.07 Å². The molecule has 1 aliphatic heterocycles. The Hall–Kier alpha value is -2.87. The fraction of sp³-hybridized carbons (Fsp3) is 0.381. The lowest BCUT2D eigenvalue weighted by atomic mass is 10.0. The highest BCUT2D eigenvalue weighted by Gasteiger charge is 2.24. The minimum atomic E-state index is -0.769. The van der Waals surface area contributed by atoms with Gasteiger partial charge >= 0.3 is 6.16 Å². The van der Waals surface area contributed by atoms with E-state index >= 15 is 0 Å². The van der Waals surface area contributed by atoms with E-state index in [4.69, 9.17) is 9.47 Å². The summed E-state index contributed by atoms with van der Waals surface area (Å²) in [5.41, 5.74) is 0.529. The molecule has 154 valence electrons. The zero-order valence-electron chi connectivity index (χ0n) is 16.3. The van der Waals surface area contributed by atoms with Gasteiger partial charge in [0.15, 0.2) is 0 Å². The molecule has 1 aliphatic rings. The fourth-order valence-electron chi connectivity index (χ4n) is 3.17. The molecule has 0 radical (unpaired) electrons. The molecule has 2 amide bonds. The topological polar surface area (TPSA) is 84.9 Å². The molecule has 2 aromatic rings. The molecule has 3 rings (SSSR count). The van der Waals surface area contributed by atoms with E-state index in [0.717, 1.165) is 17.7 Å². The number of nitrogens with one attached hydrogen (secondary N) is 1. The Morgan fingerprint density at radius 1 is 1.14 bits per heavy atom. The van der Waals surface area contributed by atoms with Crippen molar-refractivity contribution >= 4 is 29.3 Å². The van der Waals surface area contributed by atoms with Crippen molar-refractivity contribution in [2.45, 2.75) is 32.2 Å². The van der Waals surface area contributed by atoms with Crippen LogP contribution in [-0.2, 0) is 16.0 Å². The minimum absolute atomic E-state index is 0.0226. The zero-order chi connectivity index (χ0) is 20.6. The summed E-state index contributed by atoms with van der Waals surface area (Å²) in [6.45, 7) is 3.11. The highest BCUT2D eigenvalue weighted by molar-refractivity contribution is 7.10. The maximum atomic E-state index is 12.7. The first-order valence-corrected chi connectivity index (χ1v) is 10.5. The standard InChI is InChI=1S/C21H24N2O5S/c1-2-27-21(26)28-17-7-5-15(6-8-17)20(25)23-11-9-16(10-12-23)22-19(24)14-18-4-3-13-29-18/h3-8,13,16H,2,9-12,14H2,1H3,(H,22,24). The minimum Gasteiger partial charge on any atom is -0.434 e. The molecule has 0 atom stereocenters. The van der Waals surface area contributed by atoms with Gasteiger partial charge in [-0.05, 0) is 55.5 Å².